The lowest BCUT2D eigenvalue weighted by atomic mass is 10.1. The van der Waals surface area contributed by atoms with Crippen LogP contribution in [0.2, 0.25) is 4.34 Å². The molecule has 0 amide bonds. The van der Waals surface area contributed by atoms with E-state index in [1.54, 1.807) is 28.2 Å². The molecular formula is C16H16ClNO4S3. The minimum absolute atomic E-state index is 0.238. The Balaban J connectivity index is 1.50. The maximum atomic E-state index is 12.8. The second-order valence-corrected chi connectivity index (χ2v) is 10.9. The third kappa shape index (κ3) is 3.50. The molecule has 0 bridgehead atoms. The molecule has 1 fully saturated rings. The van der Waals surface area contributed by atoms with E-state index in [9.17, 15) is 8.42 Å². The fourth-order valence-electron chi connectivity index (χ4n) is 2.93. The number of ether oxygens (including phenoxy) is 2. The van der Waals surface area contributed by atoms with Crippen molar-refractivity contribution >= 4 is 44.7 Å². The number of fused-ring (bicyclic) bond motifs is 1. The molecule has 5 nitrogen and oxygen atoms in total. The van der Waals surface area contributed by atoms with Crippen LogP contribution in [-0.4, -0.2) is 38.4 Å². The summed E-state index contributed by atoms with van der Waals surface area (Å²) in [5.74, 6) is 2.28. The van der Waals surface area contributed by atoms with E-state index in [1.807, 2.05) is 18.2 Å². The number of hydrogen-bond acceptors (Lipinski definition) is 6. The van der Waals surface area contributed by atoms with E-state index < -0.39 is 10.0 Å². The smallest absolute Gasteiger partial charge is 0.252 e. The summed E-state index contributed by atoms with van der Waals surface area (Å²) in [6.45, 7) is 1.25. The van der Waals surface area contributed by atoms with Gasteiger partial charge in [-0.1, -0.05) is 17.7 Å². The van der Waals surface area contributed by atoms with Crippen LogP contribution < -0.4 is 9.47 Å². The third-order valence-corrected chi connectivity index (χ3v) is 9.14. The highest BCUT2D eigenvalue weighted by atomic mass is 35.5. The van der Waals surface area contributed by atoms with Crippen LogP contribution in [0.4, 0.5) is 0 Å². The number of thiophene rings is 1. The van der Waals surface area contributed by atoms with Gasteiger partial charge < -0.3 is 9.47 Å². The Hall–Kier alpha value is -0.930. The first-order chi connectivity index (χ1) is 12.0. The summed E-state index contributed by atoms with van der Waals surface area (Å²) in [6, 6.07) is 9.17. The quantitative estimate of drug-likeness (QED) is 0.755. The van der Waals surface area contributed by atoms with Gasteiger partial charge in [0, 0.05) is 24.1 Å². The number of hydrogen-bond donors (Lipinski definition) is 0. The SMILES string of the molecule is O=S(=O)(c1ccc(Cl)s1)N1CCSC(c2ccc3c(c2)OCO3)CC1. The van der Waals surface area contributed by atoms with Crippen molar-refractivity contribution in [1.82, 2.24) is 4.31 Å². The summed E-state index contributed by atoms with van der Waals surface area (Å²) >= 11 is 8.78. The minimum Gasteiger partial charge on any atom is -0.454 e. The van der Waals surface area contributed by atoms with Crippen molar-refractivity contribution in [2.45, 2.75) is 15.9 Å². The molecule has 0 radical (unpaired) electrons. The monoisotopic (exact) mass is 417 g/mol. The van der Waals surface area contributed by atoms with Gasteiger partial charge in [0.1, 0.15) is 4.21 Å². The van der Waals surface area contributed by atoms with Crippen molar-refractivity contribution in [1.29, 1.82) is 0 Å². The summed E-state index contributed by atoms with van der Waals surface area (Å²) in [6.07, 6.45) is 0.753. The van der Waals surface area contributed by atoms with Crippen LogP contribution in [0.3, 0.4) is 0 Å². The number of thioether (sulfide) groups is 1. The molecule has 2 aliphatic heterocycles. The average Bonchev–Trinajstić information content (AvgIpc) is 3.16. The van der Waals surface area contributed by atoms with Gasteiger partial charge in [-0.05, 0) is 36.2 Å². The molecule has 1 atom stereocenters. The van der Waals surface area contributed by atoms with Crippen LogP contribution in [-0.2, 0) is 10.0 Å². The zero-order chi connectivity index (χ0) is 17.4. The van der Waals surface area contributed by atoms with E-state index in [0.29, 0.717) is 21.6 Å². The molecule has 1 saturated heterocycles. The molecule has 3 heterocycles. The van der Waals surface area contributed by atoms with E-state index in [0.717, 1.165) is 40.6 Å². The summed E-state index contributed by atoms with van der Waals surface area (Å²) in [4.78, 5) is 0. The fourth-order valence-corrected chi connectivity index (χ4v) is 7.36. The standard InChI is InChI=1S/C16H16ClNO4S3/c17-15-3-4-16(24-15)25(19,20)18-6-5-14(23-8-7-18)11-1-2-12-13(9-11)22-10-21-12/h1-4,9,14H,5-8,10H2. The normalized spacial score (nSPS) is 21.2. The highest BCUT2D eigenvalue weighted by Crippen LogP contribution is 2.41. The maximum absolute atomic E-state index is 12.8. The molecule has 1 aromatic heterocycles. The molecule has 2 aliphatic rings. The van der Waals surface area contributed by atoms with E-state index in [1.165, 1.54) is 0 Å². The molecular weight excluding hydrogens is 402 g/mol. The van der Waals surface area contributed by atoms with Gasteiger partial charge in [-0.3, -0.25) is 0 Å². The van der Waals surface area contributed by atoms with Gasteiger partial charge >= 0.3 is 0 Å². The number of halogens is 1. The first-order valence-corrected chi connectivity index (χ1v) is 11.5. The van der Waals surface area contributed by atoms with Crippen molar-refractivity contribution in [2.75, 3.05) is 25.6 Å². The maximum Gasteiger partial charge on any atom is 0.252 e. The third-order valence-electron chi connectivity index (χ3n) is 4.21. The van der Waals surface area contributed by atoms with Crippen molar-refractivity contribution < 1.29 is 17.9 Å². The largest absolute Gasteiger partial charge is 0.454 e. The van der Waals surface area contributed by atoms with Crippen molar-refractivity contribution in [3.63, 3.8) is 0 Å². The van der Waals surface area contributed by atoms with Crippen LogP contribution in [0, 0.1) is 0 Å². The van der Waals surface area contributed by atoms with Gasteiger partial charge in [0.2, 0.25) is 6.79 Å². The summed E-state index contributed by atoms with van der Waals surface area (Å²) in [5.41, 5.74) is 1.15. The van der Waals surface area contributed by atoms with Crippen molar-refractivity contribution in [3.8, 4) is 11.5 Å². The molecule has 1 aromatic carbocycles. The lowest BCUT2D eigenvalue weighted by molar-refractivity contribution is 0.174. The Morgan fingerprint density at radius 3 is 2.76 bits per heavy atom. The minimum atomic E-state index is -3.47. The van der Waals surface area contributed by atoms with E-state index in [-0.39, 0.29) is 12.0 Å². The zero-order valence-electron chi connectivity index (χ0n) is 13.2. The summed E-state index contributed by atoms with van der Waals surface area (Å²) in [5, 5.41) is 0.238. The summed E-state index contributed by atoms with van der Waals surface area (Å²) < 4.78 is 38.7. The highest BCUT2D eigenvalue weighted by molar-refractivity contribution is 7.99. The Morgan fingerprint density at radius 2 is 1.96 bits per heavy atom. The molecule has 0 spiro atoms. The number of benzene rings is 1. The van der Waals surface area contributed by atoms with Crippen molar-refractivity contribution in [2.24, 2.45) is 0 Å². The lowest BCUT2D eigenvalue weighted by Gasteiger charge is -2.19. The van der Waals surface area contributed by atoms with Gasteiger partial charge in [-0.15, -0.1) is 11.3 Å². The molecule has 2 aromatic rings. The summed E-state index contributed by atoms with van der Waals surface area (Å²) in [7, 11) is -3.47. The number of sulfonamides is 1. The molecule has 0 aliphatic carbocycles. The van der Waals surface area contributed by atoms with Gasteiger partial charge in [-0.25, -0.2) is 8.42 Å². The van der Waals surface area contributed by atoms with Crippen LogP contribution in [0.1, 0.15) is 17.2 Å². The Bertz CT molecular complexity index is 883. The highest BCUT2D eigenvalue weighted by Gasteiger charge is 2.30. The van der Waals surface area contributed by atoms with Crippen LogP contribution in [0.25, 0.3) is 0 Å². The molecule has 4 rings (SSSR count). The molecule has 1 unspecified atom stereocenters. The predicted molar refractivity (Wildman–Crippen MR) is 100 cm³/mol. The number of nitrogens with zero attached hydrogens (tertiary/aromatic N) is 1. The van der Waals surface area contributed by atoms with E-state index in [2.05, 4.69) is 0 Å². The van der Waals surface area contributed by atoms with Crippen LogP contribution in [0.5, 0.6) is 11.5 Å². The topological polar surface area (TPSA) is 55.8 Å². The zero-order valence-corrected chi connectivity index (χ0v) is 16.4. The van der Waals surface area contributed by atoms with E-state index in [4.69, 9.17) is 21.1 Å². The van der Waals surface area contributed by atoms with Gasteiger partial charge in [0.15, 0.2) is 11.5 Å². The second kappa shape index (κ2) is 7.00. The lowest BCUT2D eigenvalue weighted by Crippen LogP contribution is -2.32. The number of rotatable bonds is 3. The molecule has 25 heavy (non-hydrogen) atoms. The van der Waals surface area contributed by atoms with E-state index >= 15 is 0 Å². The fraction of sp³-hybridized carbons (Fsp3) is 0.375. The predicted octanol–water partition coefficient (Wildman–Crippen LogP) is 4.00. The first-order valence-electron chi connectivity index (χ1n) is 7.81. The first kappa shape index (κ1) is 17.5. The van der Waals surface area contributed by atoms with Gasteiger partial charge in [-0.2, -0.15) is 16.1 Å². The van der Waals surface area contributed by atoms with Crippen LogP contribution in [0.15, 0.2) is 34.5 Å². The average molecular weight is 418 g/mol. The van der Waals surface area contributed by atoms with Crippen LogP contribution >= 0.6 is 34.7 Å². The Morgan fingerprint density at radius 1 is 1.12 bits per heavy atom. The molecule has 9 heteroatoms. The molecule has 134 valence electrons. The van der Waals surface area contributed by atoms with Gasteiger partial charge in [0.25, 0.3) is 10.0 Å². The Kier molecular flexibility index (Phi) is 4.89. The van der Waals surface area contributed by atoms with Crippen molar-refractivity contribution in [3.05, 3.63) is 40.2 Å². The second-order valence-electron chi connectivity index (χ2n) is 5.72. The van der Waals surface area contributed by atoms with Gasteiger partial charge in [0.05, 0.1) is 4.34 Å². The molecule has 0 N–H and O–H groups in total. The Labute approximate surface area is 159 Å². The molecule has 0 saturated carbocycles.